The molecule has 1 fully saturated rings. The molecule has 0 aliphatic carbocycles. The van der Waals surface area contributed by atoms with Crippen molar-refractivity contribution in [3.63, 3.8) is 0 Å². The summed E-state index contributed by atoms with van der Waals surface area (Å²) in [7, 11) is 1.81. The molecule has 0 N–H and O–H groups in total. The average molecular weight is 371 g/mol. The van der Waals surface area contributed by atoms with Gasteiger partial charge in [-0.15, -0.1) is 0 Å². The monoisotopic (exact) mass is 371 g/mol. The molecular weight excluding hydrogens is 350 g/mol. The summed E-state index contributed by atoms with van der Waals surface area (Å²) in [6.07, 6.45) is 1.97. The van der Waals surface area contributed by atoms with Gasteiger partial charge in [-0.1, -0.05) is 24.3 Å². The third-order valence-electron chi connectivity index (χ3n) is 5.56. The van der Waals surface area contributed by atoms with Crippen LogP contribution < -0.4 is 10.5 Å². The van der Waals surface area contributed by atoms with Gasteiger partial charge in [0, 0.05) is 13.6 Å². The Balaban J connectivity index is 1.66. The van der Waals surface area contributed by atoms with Crippen molar-refractivity contribution < 1.29 is 0 Å². The molecule has 6 heteroatoms. The maximum Gasteiger partial charge on any atom is 0.261 e. The smallest absolute Gasteiger partial charge is 0.261 e. The lowest BCUT2D eigenvalue weighted by Gasteiger charge is -2.27. The molecule has 1 saturated heterocycles. The van der Waals surface area contributed by atoms with E-state index >= 15 is 0 Å². The molecule has 3 heterocycles. The minimum absolute atomic E-state index is 0.00577. The molecule has 1 unspecified atom stereocenters. The van der Waals surface area contributed by atoms with Gasteiger partial charge in [0.2, 0.25) is 0 Å². The standard InChI is InChI=1S/C22H21N5O/c1-14-20(25-18-11-6-5-10-17(18)23-14)27-13-7-12-19(27)21-24-16-9-4-3-8-15(16)22(28)26(21)2/h3-6,8-11,19H,7,12-13H2,1-2H3. The average Bonchev–Trinajstić information content (AvgIpc) is 3.19. The Morgan fingerprint density at radius 3 is 2.39 bits per heavy atom. The molecule has 5 rings (SSSR count). The summed E-state index contributed by atoms with van der Waals surface area (Å²) >= 11 is 0. The molecule has 0 bridgehead atoms. The van der Waals surface area contributed by atoms with Gasteiger partial charge in [-0.05, 0) is 44.0 Å². The number of benzene rings is 2. The summed E-state index contributed by atoms with van der Waals surface area (Å²) in [4.78, 5) is 29.6. The van der Waals surface area contributed by atoms with Gasteiger partial charge in [0.05, 0.1) is 33.7 Å². The lowest BCUT2D eigenvalue weighted by Crippen LogP contribution is -2.31. The number of rotatable bonds is 2. The van der Waals surface area contributed by atoms with Crippen molar-refractivity contribution in [3.8, 4) is 0 Å². The van der Waals surface area contributed by atoms with Crippen LogP contribution in [0.1, 0.15) is 30.4 Å². The van der Waals surface area contributed by atoms with Gasteiger partial charge in [-0.2, -0.15) is 0 Å². The fourth-order valence-corrected chi connectivity index (χ4v) is 4.17. The Hall–Kier alpha value is -3.28. The van der Waals surface area contributed by atoms with Crippen LogP contribution in [0.2, 0.25) is 0 Å². The Morgan fingerprint density at radius 2 is 1.61 bits per heavy atom. The molecule has 28 heavy (non-hydrogen) atoms. The Morgan fingerprint density at radius 1 is 0.929 bits per heavy atom. The number of para-hydroxylation sites is 3. The van der Waals surface area contributed by atoms with E-state index in [0.717, 1.165) is 53.3 Å². The third-order valence-corrected chi connectivity index (χ3v) is 5.56. The molecule has 0 radical (unpaired) electrons. The second-order valence-electron chi connectivity index (χ2n) is 7.32. The third kappa shape index (κ3) is 2.56. The summed E-state index contributed by atoms with van der Waals surface area (Å²) in [5.74, 6) is 1.67. The summed E-state index contributed by atoms with van der Waals surface area (Å²) in [6.45, 7) is 2.87. The summed E-state index contributed by atoms with van der Waals surface area (Å²) in [5, 5.41) is 0.653. The molecule has 1 aliphatic heterocycles. The second-order valence-corrected chi connectivity index (χ2v) is 7.32. The van der Waals surface area contributed by atoms with Crippen LogP contribution in [-0.2, 0) is 7.05 Å². The van der Waals surface area contributed by atoms with Gasteiger partial charge in [0.1, 0.15) is 5.82 Å². The Bertz CT molecular complexity index is 1260. The van der Waals surface area contributed by atoms with Crippen LogP contribution >= 0.6 is 0 Å². The van der Waals surface area contributed by atoms with Crippen molar-refractivity contribution in [3.05, 3.63) is 70.4 Å². The number of aryl methyl sites for hydroxylation is 1. The van der Waals surface area contributed by atoms with Crippen molar-refractivity contribution in [1.82, 2.24) is 19.5 Å². The molecular formula is C22H21N5O. The van der Waals surface area contributed by atoms with E-state index in [2.05, 4.69) is 4.90 Å². The number of hydrogen-bond donors (Lipinski definition) is 0. The van der Waals surface area contributed by atoms with Gasteiger partial charge >= 0.3 is 0 Å². The zero-order valence-corrected chi connectivity index (χ0v) is 16.0. The maximum atomic E-state index is 12.9. The van der Waals surface area contributed by atoms with Crippen LogP contribution in [-0.4, -0.2) is 26.1 Å². The minimum Gasteiger partial charge on any atom is -0.345 e. The molecule has 140 valence electrons. The summed E-state index contributed by atoms with van der Waals surface area (Å²) in [5.41, 5.74) is 3.42. The number of anilines is 1. The van der Waals surface area contributed by atoms with Crippen LogP contribution in [0.3, 0.4) is 0 Å². The van der Waals surface area contributed by atoms with Crippen LogP contribution in [0, 0.1) is 6.92 Å². The Labute approximate surface area is 162 Å². The zero-order valence-electron chi connectivity index (χ0n) is 16.0. The van der Waals surface area contributed by atoms with Gasteiger partial charge < -0.3 is 4.90 Å². The molecule has 2 aromatic carbocycles. The minimum atomic E-state index is -0.00577. The molecule has 0 spiro atoms. The van der Waals surface area contributed by atoms with Gasteiger partial charge in [0.15, 0.2) is 5.82 Å². The highest BCUT2D eigenvalue weighted by Crippen LogP contribution is 2.36. The number of hydrogen-bond acceptors (Lipinski definition) is 5. The lowest BCUT2D eigenvalue weighted by atomic mass is 10.1. The van der Waals surface area contributed by atoms with Gasteiger partial charge in [0.25, 0.3) is 5.56 Å². The van der Waals surface area contributed by atoms with Crippen molar-refractivity contribution in [2.45, 2.75) is 25.8 Å². The van der Waals surface area contributed by atoms with Crippen LogP contribution in [0.5, 0.6) is 0 Å². The molecule has 6 nitrogen and oxygen atoms in total. The highest BCUT2D eigenvalue weighted by atomic mass is 16.1. The van der Waals surface area contributed by atoms with Crippen molar-refractivity contribution in [2.75, 3.05) is 11.4 Å². The first-order valence-corrected chi connectivity index (χ1v) is 9.59. The second kappa shape index (κ2) is 6.41. The largest absolute Gasteiger partial charge is 0.345 e. The van der Waals surface area contributed by atoms with Crippen molar-refractivity contribution in [1.29, 1.82) is 0 Å². The lowest BCUT2D eigenvalue weighted by molar-refractivity contribution is 0.606. The topological polar surface area (TPSA) is 63.9 Å². The fourth-order valence-electron chi connectivity index (χ4n) is 4.17. The van der Waals surface area contributed by atoms with E-state index in [4.69, 9.17) is 15.0 Å². The zero-order chi connectivity index (χ0) is 19.3. The highest BCUT2D eigenvalue weighted by molar-refractivity contribution is 5.78. The molecule has 4 aromatic rings. The quantitative estimate of drug-likeness (QED) is 0.539. The highest BCUT2D eigenvalue weighted by Gasteiger charge is 2.32. The molecule has 0 amide bonds. The summed E-state index contributed by atoms with van der Waals surface area (Å²) < 4.78 is 1.69. The normalized spacial score (nSPS) is 16.9. The number of fused-ring (bicyclic) bond motifs is 2. The van der Waals surface area contributed by atoms with Crippen molar-refractivity contribution in [2.24, 2.45) is 7.05 Å². The van der Waals surface area contributed by atoms with Crippen LogP contribution in [0.4, 0.5) is 5.82 Å². The van der Waals surface area contributed by atoms with E-state index in [9.17, 15) is 4.79 Å². The van der Waals surface area contributed by atoms with E-state index < -0.39 is 0 Å². The van der Waals surface area contributed by atoms with E-state index in [1.807, 2.05) is 62.5 Å². The molecule has 1 atom stereocenters. The summed E-state index contributed by atoms with van der Waals surface area (Å²) in [6, 6.07) is 15.5. The first-order chi connectivity index (χ1) is 13.6. The van der Waals surface area contributed by atoms with Crippen LogP contribution in [0.25, 0.3) is 21.9 Å². The maximum absolute atomic E-state index is 12.9. The van der Waals surface area contributed by atoms with Gasteiger partial charge in [-0.3, -0.25) is 9.36 Å². The first-order valence-electron chi connectivity index (χ1n) is 9.59. The number of nitrogens with zero attached hydrogens (tertiary/aromatic N) is 5. The van der Waals surface area contributed by atoms with E-state index in [0.29, 0.717) is 5.39 Å². The predicted molar refractivity (Wildman–Crippen MR) is 111 cm³/mol. The molecule has 1 aliphatic rings. The van der Waals surface area contributed by atoms with E-state index in [1.54, 1.807) is 4.57 Å². The first kappa shape index (κ1) is 16.9. The SMILES string of the molecule is Cc1nc2ccccc2nc1N1CCCC1c1nc2ccccc2c(=O)n1C. The van der Waals surface area contributed by atoms with Gasteiger partial charge in [-0.25, -0.2) is 15.0 Å². The molecule has 2 aromatic heterocycles. The van der Waals surface area contributed by atoms with Crippen LogP contribution in [0.15, 0.2) is 53.3 Å². The van der Waals surface area contributed by atoms with E-state index in [1.165, 1.54) is 0 Å². The number of aromatic nitrogens is 4. The van der Waals surface area contributed by atoms with E-state index in [-0.39, 0.29) is 11.6 Å². The predicted octanol–water partition coefficient (Wildman–Crippen LogP) is 3.53. The fraction of sp³-hybridized carbons (Fsp3) is 0.273. The Kier molecular flexibility index (Phi) is 3.86. The van der Waals surface area contributed by atoms with Crippen molar-refractivity contribution >= 4 is 27.8 Å². The molecule has 0 saturated carbocycles.